The number of anilines is 1. The van der Waals surface area contributed by atoms with E-state index in [0.29, 0.717) is 15.7 Å². The number of benzene rings is 2. The van der Waals surface area contributed by atoms with E-state index in [9.17, 15) is 4.79 Å². The second-order valence-corrected chi connectivity index (χ2v) is 6.95. The first kappa shape index (κ1) is 17.3. The molecule has 0 aliphatic rings. The zero-order valence-electron chi connectivity index (χ0n) is 13.8. The van der Waals surface area contributed by atoms with Gasteiger partial charge in [-0.15, -0.1) is 10.2 Å². The van der Waals surface area contributed by atoms with E-state index in [0.717, 1.165) is 16.9 Å². The number of rotatable bonds is 4. The zero-order chi connectivity index (χ0) is 17.8. The van der Waals surface area contributed by atoms with Crippen molar-refractivity contribution in [3.05, 3.63) is 75.2 Å². The Balaban J connectivity index is 1.77. The van der Waals surface area contributed by atoms with Crippen molar-refractivity contribution in [2.45, 2.75) is 13.8 Å². The molecule has 0 saturated heterocycles. The molecule has 0 unspecified atom stereocenters. The van der Waals surface area contributed by atoms with Crippen LogP contribution in [0.1, 0.15) is 31.5 Å². The van der Waals surface area contributed by atoms with Crippen molar-refractivity contribution >= 4 is 45.6 Å². The van der Waals surface area contributed by atoms with Crippen molar-refractivity contribution in [3.63, 3.8) is 0 Å². The van der Waals surface area contributed by atoms with Crippen LogP contribution in [0.3, 0.4) is 0 Å². The third-order valence-electron chi connectivity index (χ3n) is 3.68. The Morgan fingerprint density at radius 3 is 2.48 bits per heavy atom. The Bertz CT molecular complexity index is 935. The average Bonchev–Trinajstić information content (AvgIpc) is 3.09. The number of aromatic nitrogens is 2. The van der Waals surface area contributed by atoms with Gasteiger partial charge in [-0.3, -0.25) is 4.79 Å². The van der Waals surface area contributed by atoms with Crippen molar-refractivity contribution in [1.82, 2.24) is 10.2 Å². The minimum absolute atomic E-state index is 0.269. The van der Waals surface area contributed by atoms with Gasteiger partial charge in [0.25, 0.3) is 5.91 Å². The molecule has 0 radical (unpaired) electrons. The van der Waals surface area contributed by atoms with E-state index in [2.05, 4.69) is 35.4 Å². The molecule has 126 valence electrons. The van der Waals surface area contributed by atoms with Crippen LogP contribution in [-0.4, -0.2) is 16.1 Å². The van der Waals surface area contributed by atoms with E-state index in [1.54, 1.807) is 0 Å². The second kappa shape index (κ2) is 7.59. The van der Waals surface area contributed by atoms with E-state index in [1.807, 2.05) is 48.5 Å². The predicted molar refractivity (Wildman–Crippen MR) is 104 cm³/mol. The van der Waals surface area contributed by atoms with Gasteiger partial charge in [-0.05, 0) is 48.7 Å². The van der Waals surface area contributed by atoms with Crippen LogP contribution in [0, 0.1) is 13.8 Å². The molecule has 4 nitrogen and oxygen atoms in total. The highest BCUT2D eigenvalue weighted by Crippen LogP contribution is 2.26. The van der Waals surface area contributed by atoms with Gasteiger partial charge in [-0.2, -0.15) is 0 Å². The van der Waals surface area contributed by atoms with Crippen LogP contribution >= 0.6 is 22.9 Å². The molecule has 0 atom stereocenters. The molecule has 0 fully saturated rings. The van der Waals surface area contributed by atoms with E-state index in [1.165, 1.54) is 11.1 Å². The zero-order valence-corrected chi connectivity index (χ0v) is 15.4. The standard InChI is InChI=1S/C19H16ClN3OS/c1-12-8-9-14(10-13(12)2)11-16(20)18-22-23-19(25-18)17(24)21-15-6-4-3-5-7-15/h3-11H,1-2H3,(H,21,24)/b16-11-. The molecule has 0 aliphatic heterocycles. The lowest BCUT2D eigenvalue weighted by atomic mass is 10.1. The van der Waals surface area contributed by atoms with Crippen molar-refractivity contribution in [2.24, 2.45) is 0 Å². The number of nitrogens with zero attached hydrogens (tertiary/aromatic N) is 2. The normalized spacial score (nSPS) is 11.4. The summed E-state index contributed by atoms with van der Waals surface area (Å²) in [4.78, 5) is 12.2. The Kier molecular flexibility index (Phi) is 5.26. The predicted octanol–water partition coefficient (Wildman–Crippen LogP) is 5.14. The summed E-state index contributed by atoms with van der Waals surface area (Å²) in [5.74, 6) is -0.300. The molecule has 25 heavy (non-hydrogen) atoms. The second-order valence-electron chi connectivity index (χ2n) is 5.57. The highest BCUT2D eigenvalue weighted by atomic mass is 35.5. The Hall–Kier alpha value is -2.50. The summed E-state index contributed by atoms with van der Waals surface area (Å²) in [5.41, 5.74) is 4.11. The summed E-state index contributed by atoms with van der Waals surface area (Å²) >= 11 is 7.51. The fourth-order valence-electron chi connectivity index (χ4n) is 2.18. The SMILES string of the molecule is Cc1ccc(/C=C(\Cl)c2nnc(C(=O)Nc3ccccc3)s2)cc1C. The summed E-state index contributed by atoms with van der Waals surface area (Å²) in [6, 6.07) is 15.3. The minimum Gasteiger partial charge on any atom is -0.320 e. The lowest BCUT2D eigenvalue weighted by Gasteiger charge is -2.01. The highest BCUT2D eigenvalue weighted by molar-refractivity contribution is 7.15. The molecular formula is C19H16ClN3OS. The van der Waals surface area contributed by atoms with E-state index in [4.69, 9.17) is 11.6 Å². The van der Waals surface area contributed by atoms with Gasteiger partial charge >= 0.3 is 0 Å². The smallest absolute Gasteiger partial charge is 0.286 e. The van der Waals surface area contributed by atoms with E-state index < -0.39 is 0 Å². The lowest BCUT2D eigenvalue weighted by molar-refractivity contribution is 0.102. The fourth-order valence-corrected chi connectivity index (χ4v) is 3.11. The molecule has 1 aromatic heterocycles. The molecular weight excluding hydrogens is 354 g/mol. The Morgan fingerprint density at radius 2 is 1.76 bits per heavy atom. The molecule has 6 heteroatoms. The van der Waals surface area contributed by atoms with Gasteiger partial charge in [0.1, 0.15) is 0 Å². The van der Waals surface area contributed by atoms with Gasteiger partial charge < -0.3 is 5.32 Å². The van der Waals surface area contributed by atoms with Crippen molar-refractivity contribution in [2.75, 3.05) is 5.32 Å². The Morgan fingerprint density at radius 1 is 1.04 bits per heavy atom. The molecule has 0 saturated carbocycles. The lowest BCUT2D eigenvalue weighted by Crippen LogP contribution is -2.11. The van der Waals surface area contributed by atoms with Crippen LogP contribution in [0.4, 0.5) is 5.69 Å². The van der Waals surface area contributed by atoms with Gasteiger partial charge in [0.15, 0.2) is 5.01 Å². The number of hydrogen-bond acceptors (Lipinski definition) is 4. The van der Waals surface area contributed by atoms with Crippen LogP contribution in [0.2, 0.25) is 0 Å². The summed E-state index contributed by atoms with van der Waals surface area (Å²) in [7, 11) is 0. The van der Waals surface area contributed by atoms with E-state index >= 15 is 0 Å². The maximum Gasteiger partial charge on any atom is 0.286 e. The first-order valence-electron chi connectivity index (χ1n) is 7.67. The minimum atomic E-state index is -0.300. The maximum atomic E-state index is 12.2. The van der Waals surface area contributed by atoms with Gasteiger partial charge in [0, 0.05) is 5.69 Å². The van der Waals surface area contributed by atoms with Crippen molar-refractivity contribution in [3.8, 4) is 0 Å². The Labute approximate surface area is 155 Å². The topological polar surface area (TPSA) is 54.9 Å². The maximum absolute atomic E-state index is 12.2. The quantitative estimate of drug-likeness (QED) is 0.692. The molecule has 1 amide bonds. The van der Waals surface area contributed by atoms with Crippen LogP contribution in [0.5, 0.6) is 0 Å². The molecule has 1 heterocycles. The molecule has 0 aliphatic carbocycles. The summed E-state index contributed by atoms with van der Waals surface area (Å²) in [6.07, 6.45) is 1.83. The fraction of sp³-hybridized carbons (Fsp3) is 0.105. The van der Waals surface area contributed by atoms with Crippen molar-refractivity contribution in [1.29, 1.82) is 0 Å². The largest absolute Gasteiger partial charge is 0.320 e. The molecule has 3 aromatic rings. The number of hydrogen-bond donors (Lipinski definition) is 1. The van der Waals surface area contributed by atoms with Gasteiger partial charge in [-0.25, -0.2) is 0 Å². The van der Waals surface area contributed by atoms with Crippen LogP contribution in [-0.2, 0) is 0 Å². The third kappa shape index (κ3) is 4.32. The average molecular weight is 370 g/mol. The van der Waals surface area contributed by atoms with Crippen LogP contribution in [0.15, 0.2) is 48.5 Å². The number of carbonyl (C=O) groups excluding carboxylic acids is 1. The number of amides is 1. The number of para-hydroxylation sites is 1. The summed E-state index contributed by atoms with van der Waals surface area (Å²) in [6.45, 7) is 4.12. The number of aryl methyl sites for hydroxylation is 2. The summed E-state index contributed by atoms with van der Waals surface area (Å²) < 4.78 is 0. The summed E-state index contributed by atoms with van der Waals surface area (Å²) in [5, 5.41) is 12.0. The molecule has 1 N–H and O–H groups in total. The van der Waals surface area contributed by atoms with Crippen molar-refractivity contribution < 1.29 is 4.79 Å². The number of nitrogens with one attached hydrogen (secondary N) is 1. The molecule has 2 aromatic carbocycles. The third-order valence-corrected chi connectivity index (χ3v) is 5.04. The molecule has 0 bridgehead atoms. The molecule has 3 rings (SSSR count). The van der Waals surface area contributed by atoms with Gasteiger partial charge in [-0.1, -0.05) is 59.3 Å². The first-order chi connectivity index (χ1) is 12.0. The first-order valence-corrected chi connectivity index (χ1v) is 8.87. The highest BCUT2D eigenvalue weighted by Gasteiger charge is 2.14. The molecule has 0 spiro atoms. The number of carbonyl (C=O) groups is 1. The van der Waals surface area contributed by atoms with Crippen LogP contribution < -0.4 is 5.32 Å². The van der Waals surface area contributed by atoms with E-state index in [-0.39, 0.29) is 10.9 Å². The number of halogens is 1. The monoisotopic (exact) mass is 369 g/mol. The van der Waals surface area contributed by atoms with Crippen LogP contribution in [0.25, 0.3) is 11.1 Å². The van der Waals surface area contributed by atoms with Gasteiger partial charge in [0.05, 0.1) is 5.03 Å². The van der Waals surface area contributed by atoms with Gasteiger partial charge in [0.2, 0.25) is 5.01 Å².